The number of phenolic OH excluding ortho intramolecular Hbond substituents is 1. The Balaban J connectivity index is 2.51. The van der Waals surface area contributed by atoms with Crippen molar-refractivity contribution in [1.82, 2.24) is 0 Å². The highest BCUT2D eigenvalue weighted by Gasteiger charge is 2.00. The Morgan fingerprint density at radius 2 is 2.31 bits per heavy atom. The number of rotatable bonds is 3. The second-order valence-electron chi connectivity index (χ2n) is 2.94. The molecule has 13 heavy (non-hydrogen) atoms. The molecule has 0 aliphatic rings. The zero-order valence-corrected chi connectivity index (χ0v) is 7.27. The van der Waals surface area contributed by atoms with E-state index in [9.17, 15) is 0 Å². The standard InChI is InChI=1S/C10H12N2O/c11-7-9(12)5-4-8-2-1-3-10(13)6-8/h1-3,6,9,13H,4-5,12H2. The average Bonchev–Trinajstić information content (AvgIpc) is 2.14. The summed E-state index contributed by atoms with van der Waals surface area (Å²) in [5.41, 5.74) is 6.44. The van der Waals surface area contributed by atoms with E-state index in [0.29, 0.717) is 6.42 Å². The first-order valence-electron chi connectivity index (χ1n) is 4.15. The van der Waals surface area contributed by atoms with Gasteiger partial charge in [-0.1, -0.05) is 12.1 Å². The highest BCUT2D eigenvalue weighted by molar-refractivity contribution is 5.27. The highest BCUT2D eigenvalue weighted by atomic mass is 16.3. The molecule has 0 spiro atoms. The minimum atomic E-state index is -0.414. The molecule has 0 radical (unpaired) electrons. The van der Waals surface area contributed by atoms with Crippen molar-refractivity contribution >= 4 is 0 Å². The van der Waals surface area contributed by atoms with Crippen LogP contribution in [-0.4, -0.2) is 11.1 Å². The molecule has 3 N–H and O–H groups in total. The third-order valence-electron chi connectivity index (χ3n) is 1.82. The largest absolute Gasteiger partial charge is 0.508 e. The molecule has 1 atom stereocenters. The highest BCUT2D eigenvalue weighted by Crippen LogP contribution is 2.12. The van der Waals surface area contributed by atoms with Crippen LogP contribution in [0.5, 0.6) is 5.75 Å². The van der Waals surface area contributed by atoms with Gasteiger partial charge in [0.1, 0.15) is 5.75 Å². The second-order valence-corrected chi connectivity index (χ2v) is 2.94. The average molecular weight is 176 g/mol. The molecule has 1 unspecified atom stereocenters. The Bertz CT molecular complexity index is 317. The Morgan fingerprint density at radius 3 is 2.92 bits per heavy atom. The van der Waals surface area contributed by atoms with E-state index in [1.54, 1.807) is 18.2 Å². The Morgan fingerprint density at radius 1 is 1.54 bits per heavy atom. The predicted octanol–water partition coefficient (Wildman–Crippen LogP) is 1.18. The third-order valence-corrected chi connectivity index (χ3v) is 1.82. The number of nitrogens with two attached hydrogens (primary N) is 1. The van der Waals surface area contributed by atoms with Crippen LogP contribution in [0.3, 0.4) is 0 Å². The molecule has 0 aromatic heterocycles. The summed E-state index contributed by atoms with van der Waals surface area (Å²) in [7, 11) is 0. The lowest BCUT2D eigenvalue weighted by molar-refractivity contribution is 0.474. The van der Waals surface area contributed by atoms with Gasteiger partial charge in [-0.05, 0) is 30.5 Å². The van der Waals surface area contributed by atoms with Gasteiger partial charge in [-0.25, -0.2) is 0 Å². The molecule has 0 bridgehead atoms. The summed E-state index contributed by atoms with van der Waals surface area (Å²) >= 11 is 0. The molecule has 0 aliphatic heterocycles. The quantitative estimate of drug-likeness (QED) is 0.726. The summed E-state index contributed by atoms with van der Waals surface area (Å²) in [6.45, 7) is 0. The van der Waals surface area contributed by atoms with Gasteiger partial charge in [-0.15, -0.1) is 0 Å². The van der Waals surface area contributed by atoms with Crippen molar-refractivity contribution in [3.05, 3.63) is 29.8 Å². The van der Waals surface area contributed by atoms with E-state index >= 15 is 0 Å². The van der Waals surface area contributed by atoms with Crippen LogP contribution in [-0.2, 0) is 6.42 Å². The molecule has 68 valence electrons. The monoisotopic (exact) mass is 176 g/mol. The molecule has 0 saturated heterocycles. The predicted molar refractivity (Wildman–Crippen MR) is 50.0 cm³/mol. The van der Waals surface area contributed by atoms with Gasteiger partial charge < -0.3 is 10.8 Å². The van der Waals surface area contributed by atoms with E-state index in [4.69, 9.17) is 16.1 Å². The molecule has 0 aliphatic carbocycles. The topological polar surface area (TPSA) is 70.0 Å². The van der Waals surface area contributed by atoms with Gasteiger partial charge in [0.05, 0.1) is 12.1 Å². The second kappa shape index (κ2) is 4.48. The van der Waals surface area contributed by atoms with E-state index < -0.39 is 6.04 Å². The molecular formula is C10H12N2O. The molecule has 0 amide bonds. The minimum absolute atomic E-state index is 0.253. The van der Waals surface area contributed by atoms with Crippen LogP contribution in [0.25, 0.3) is 0 Å². The third kappa shape index (κ3) is 3.14. The van der Waals surface area contributed by atoms with Gasteiger partial charge in [0.2, 0.25) is 0 Å². The Hall–Kier alpha value is -1.53. The van der Waals surface area contributed by atoms with Gasteiger partial charge in [0.25, 0.3) is 0 Å². The zero-order chi connectivity index (χ0) is 9.68. The maximum absolute atomic E-state index is 9.14. The summed E-state index contributed by atoms with van der Waals surface area (Å²) in [4.78, 5) is 0. The van der Waals surface area contributed by atoms with Crippen LogP contribution in [0, 0.1) is 11.3 Å². The summed E-state index contributed by atoms with van der Waals surface area (Å²) in [5.74, 6) is 0.253. The van der Waals surface area contributed by atoms with Crippen molar-refractivity contribution in [2.45, 2.75) is 18.9 Å². The van der Waals surface area contributed by atoms with Gasteiger partial charge >= 0.3 is 0 Å². The van der Waals surface area contributed by atoms with Crippen molar-refractivity contribution in [3.63, 3.8) is 0 Å². The van der Waals surface area contributed by atoms with Crippen molar-refractivity contribution in [3.8, 4) is 11.8 Å². The molecule has 1 rings (SSSR count). The van der Waals surface area contributed by atoms with Crippen LogP contribution in [0.15, 0.2) is 24.3 Å². The molecule has 3 heteroatoms. The molecule has 1 aromatic rings. The SMILES string of the molecule is N#CC(N)CCc1cccc(O)c1. The first kappa shape index (κ1) is 9.56. The molecule has 0 heterocycles. The summed E-state index contributed by atoms with van der Waals surface area (Å²) in [5, 5.41) is 17.6. The number of nitriles is 1. The number of phenols is 1. The fourth-order valence-electron chi connectivity index (χ4n) is 1.10. The van der Waals surface area contributed by atoms with Crippen LogP contribution >= 0.6 is 0 Å². The van der Waals surface area contributed by atoms with Crippen LogP contribution < -0.4 is 5.73 Å². The normalized spacial score (nSPS) is 12.0. The maximum atomic E-state index is 9.14. The first-order valence-corrected chi connectivity index (χ1v) is 4.15. The molecule has 0 saturated carbocycles. The zero-order valence-electron chi connectivity index (χ0n) is 7.27. The minimum Gasteiger partial charge on any atom is -0.508 e. The van der Waals surface area contributed by atoms with E-state index in [2.05, 4.69) is 0 Å². The molecule has 0 fully saturated rings. The molecule has 3 nitrogen and oxygen atoms in total. The number of hydrogen-bond donors (Lipinski definition) is 2. The Labute approximate surface area is 77.4 Å². The number of nitrogens with zero attached hydrogens (tertiary/aromatic N) is 1. The van der Waals surface area contributed by atoms with Gasteiger partial charge in [0.15, 0.2) is 0 Å². The lowest BCUT2D eigenvalue weighted by Crippen LogP contribution is -2.17. The van der Waals surface area contributed by atoms with Crippen LogP contribution in [0.2, 0.25) is 0 Å². The smallest absolute Gasteiger partial charge is 0.115 e. The summed E-state index contributed by atoms with van der Waals surface area (Å²) in [6, 6.07) is 8.54. The number of hydrogen-bond acceptors (Lipinski definition) is 3. The van der Waals surface area contributed by atoms with Crippen molar-refractivity contribution in [2.75, 3.05) is 0 Å². The fraction of sp³-hybridized carbons (Fsp3) is 0.300. The maximum Gasteiger partial charge on any atom is 0.115 e. The van der Waals surface area contributed by atoms with Gasteiger partial charge in [-0.2, -0.15) is 5.26 Å². The van der Waals surface area contributed by atoms with E-state index in [-0.39, 0.29) is 5.75 Å². The molecule has 1 aromatic carbocycles. The van der Waals surface area contributed by atoms with Crippen molar-refractivity contribution in [1.29, 1.82) is 5.26 Å². The lowest BCUT2D eigenvalue weighted by atomic mass is 10.1. The number of benzene rings is 1. The summed E-state index contributed by atoms with van der Waals surface area (Å²) in [6.07, 6.45) is 1.35. The number of aryl methyl sites for hydroxylation is 1. The van der Waals surface area contributed by atoms with Gasteiger partial charge in [-0.3, -0.25) is 0 Å². The summed E-state index contributed by atoms with van der Waals surface area (Å²) < 4.78 is 0. The Kier molecular flexibility index (Phi) is 3.30. The van der Waals surface area contributed by atoms with E-state index in [1.165, 1.54) is 0 Å². The van der Waals surface area contributed by atoms with Crippen LogP contribution in [0.4, 0.5) is 0 Å². The fourth-order valence-corrected chi connectivity index (χ4v) is 1.10. The lowest BCUT2D eigenvalue weighted by Gasteiger charge is -2.02. The first-order chi connectivity index (χ1) is 6.22. The van der Waals surface area contributed by atoms with E-state index in [1.807, 2.05) is 12.1 Å². The van der Waals surface area contributed by atoms with Crippen molar-refractivity contribution < 1.29 is 5.11 Å². The number of aromatic hydroxyl groups is 1. The van der Waals surface area contributed by atoms with Crippen molar-refractivity contribution in [2.24, 2.45) is 5.73 Å². The van der Waals surface area contributed by atoms with Crippen LogP contribution in [0.1, 0.15) is 12.0 Å². The molecular weight excluding hydrogens is 164 g/mol. The van der Waals surface area contributed by atoms with E-state index in [0.717, 1.165) is 12.0 Å². The van der Waals surface area contributed by atoms with Gasteiger partial charge in [0, 0.05) is 0 Å².